The molecule has 0 spiro atoms. The Morgan fingerprint density at radius 2 is 1.86 bits per heavy atom. The third-order valence-corrected chi connectivity index (χ3v) is 6.77. The van der Waals surface area contributed by atoms with Gasteiger partial charge in [0.05, 0.1) is 10.9 Å². The molecule has 4 rings (SSSR count). The third kappa shape index (κ3) is 4.52. The van der Waals surface area contributed by atoms with Gasteiger partial charge < -0.3 is 10.6 Å². The van der Waals surface area contributed by atoms with E-state index in [0.29, 0.717) is 21.9 Å². The molecule has 1 aromatic heterocycles. The molecule has 0 bridgehead atoms. The molecule has 1 atom stereocenters. The Balaban J connectivity index is 1.38. The van der Waals surface area contributed by atoms with E-state index in [4.69, 9.17) is 0 Å². The minimum atomic E-state index is -0.236. The highest BCUT2D eigenvalue weighted by Gasteiger charge is 2.24. The predicted octanol–water partition coefficient (Wildman–Crippen LogP) is 4.78. The van der Waals surface area contributed by atoms with Crippen LogP contribution < -0.4 is 10.6 Å². The van der Waals surface area contributed by atoms with Crippen molar-refractivity contribution in [3.63, 3.8) is 0 Å². The first-order valence-corrected chi connectivity index (χ1v) is 11.1. The van der Waals surface area contributed by atoms with E-state index in [0.717, 1.165) is 23.3 Å². The van der Waals surface area contributed by atoms with Crippen molar-refractivity contribution in [2.45, 2.75) is 23.9 Å². The second kappa shape index (κ2) is 8.80. The fourth-order valence-electron chi connectivity index (χ4n) is 3.23. The summed E-state index contributed by atoms with van der Waals surface area (Å²) in [6, 6.07) is 15.6. The van der Waals surface area contributed by atoms with E-state index in [-0.39, 0.29) is 23.7 Å². The molecule has 148 valence electrons. The summed E-state index contributed by atoms with van der Waals surface area (Å²) in [5.41, 5.74) is 2.28. The van der Waals surface area contributed by atoms with Crippen LogP contribution in [0.3, 0.4) is 0 Å². The van der Waals surface area contributed by atoms with Crippen molar-refractivity contribution >= 4 is 34.9 Å². The van der Waals surface area contributed by atoms with Crippen molar-refractivity contribution in [1.82, 2.24) is 10.6 Å². The molecule has 1 aliphatic rings. The zero-order chi connectivity index (χ0) is 20.2. The number of thioether (sulfide) groups is 1. The van der Waals surface area contributed by atoms with Crippen molar-refractivity contribution < 1.29 is 14.0 Å². The molecular formula is C22H19FN2O2S2. The van der Waals surface area contributed by atoms with Crippen LogP contribution in [0.2, 0.25) is 0 Å². The standard InChI is InChI=1S/C22H19FN2O2S2/c23-17-4-1-3-16-18(10-12-29-20(16)17)25-21(26)15-8-6-14(7-9-15)13-24-22(27)19-5-2-11-28-19/h1-9,11,18H,10,12-13H2,(H,24,27)(H,25,26). The van der Waals surface area contributed by atoms with Crippen LogP contribution in [0.1, 0.15) is 43.6 Å². The van der Waals surface area contributed by atoms with Crippen LogP contribution in [-0.4, -0.2) is 17.6 Å². The first kappa shape index (κ1) is 19.7. The maximum Gasteiger partial charge on any atom is 0.261 e. The Morgan fingerprint density at radius 3 is 2.62 bits per heavy atom. The first-order chi connectivity index (χ1) is 14.1. The van der Waals surface area contributed by atoms with Crippen molar-refractivity contribution in [3.05, 3.63) is 87.4 Å². The summed E-state index contributed by atoms with van der Waals surface area (Å²) >= 11 is 2.89. The smallest absolute Gasteiger partial charge is 0.261 e. The Labute approximate surface area is 176 Å². The number of rotatable bonds is 5. The molecule has 0 saturated carbocycles. The van der Waals surface area contributed by atoms with Crippen molar-refractivity contribution in [3.8, 4) is 0 Å². The molecule has 0 fully saturated rings. The number of hydrogen-bond donors (Lipinski definition) is 2. The van der Waals surface area contributed by atoms with E-state index >= 15 is 0 Å². The van der Waals surface area contributed by atoms with Crippen molar-refractivity contribution in [1.29, 1.82) is 0 Å². The third-order valence-electron chi connectivity index (χ3n) is 4.75. The van der Waals surface area contributed by atoms with Crippen molar-refractivity contribution in [2.75, 3.05) is 5.75 Å². The summed E-state index contributed by atoms with van der Waals surface area (Å²) in [5, 5.41) is 7.75. The number of carbonyl (C=O) groups excluding carboxylic acids is 2. The zero-order valence-electron chi connectivity index (χ0n) is 15.5. The van der Waals surface area contributed by atoms with Gasteiger partial charge in [0.15, 0.2) is 0 Å². The Hall–Kier alpha value is -2.64. The van der Waals surface area contributed by atoms with E-state index < -0.39 is 0 Å². The zero-order valence-corrected chi connectivity index (χ0v) is 17.1. The van der Waals surface area contributed by atoms with Gasteiger partial charge in [-0.25, -0.2) is 4.39 Å². The highest BCUT2D eigenvalue weighted by Crippen LogP contribution is 2.37. The number of halogens is 1. The summed E-state index contributed by atoms with van der Waals surface area (Å²) in [6.45, 7) is 0.394. The predicted molar refractivity (Wildman–Crippen MR) is 114 cm³/mol. The normalized spacial score (nSPS) is 15.4. The summed E-state index contributed by atoms with van der Waals surface area (Å²) in [7, 11) is 0. The lowest BCUT2D eigenvalue weighted by Gasteiger charge is -2.26. The Bertz CT molecular complexity index is 1020. The van der Waals surface area contributed by atoms with Gasteiger partial charge in [0.25, 0.3) is 11.8 Å². The fourth-order valence-corrected chi connectivity index (χ4v) is 5.01. The van der Waals surface area contributed by atoms with E-state index in [9.17, 15) is 14.0 Å². The number of carbonyl (C=O) groups is 2. The molecule has 0 saturated heterocycles. The molecule has 0 radical (unpaired) electrons. The number of thiophene rings is 1. The molecule has 4 nitrogen and oxygen atoms in total. The first-order valence-electron chi connectivity index (χ1n) is 9.24. The monoisotopic (exact) mass is 426 g/mol. The van der Waals surface area contributed by atoms with Crippen LogP contribution in [0.5, 0.6) is 0 Å². The SMILES string of the molecule is O=C(NC1CCSc2c(F)cccc21)c1ccc(CNC(=O)c2cccs2)cc1. The molecule has 29 heavy (non-hydrogen) atoms. The van der Waals surface area contributed by atoms with Crippen LogP contribution in [-0.2, 0) is 6.54 Å². The summed E-state index contributed by atoms with van der Waals surface area (Å²) in [5.74, 6) is 0.233. The van der Waals surface area contributed by atoms with Crippen LogP contribution >= 0.6 is 23.1 Å². The maximum absolute atomic E-state index is 14.0. The fraction of sp³-hybridized carbons (Fsp3) is 0.182. The Morgan fingerprint density at radius 1 is 1.03 bits per heavy atom. The molecule has 7 heteroatoms. The molecule has 2 amide bonds. The molecule has 0 aliphatic carbocycles. The maximum atomic E-state index is 14.0. The minimum Gasteiger partial charge on any atom is -0.347 e. The van der Waals surface area contributed by atoms with Gasteiger partial charge in [-0.05, 0) is 47.2 Å². The highest BCUT2D eigenvalue weighted by molar-refractivity contribution is 7.99. The number of nitrogens with one attached hydrogen (secondary N) is 2. The van der Waals surface area contributed by atoms with Gasteiger partial charge in [0.1, 0.15) is 5.82 Å². The second-order valence-corrected chi connectivity index (χ2v) is 8.73. The van der Waals surface area contributed by atoms with Gasteiger partial charge in [-0.1, -0.05) is 30.3 Å². The van der Waals surface area contributed by atoms with E-state index in [1.54, 1.807) is 24.3 Å². The van der Waals surface area contributed by atoms with Crippen LogP contribution in [0.4, 0.5) is 4.39 Å². The van der Waals surface area contributed by atoms with Gasteiger partial charge in [-0.2, -0.15) is 0 Å². The van der Waals surface area contributed by atoms with Crippen LogP contribution in [0, 0.1) is 5.82 Å². The minimum absolute atomic E-state index is 0.108. The summed E-state index contributed by atoms with van der Waals surface area (Å²) in [6.07, 6.45) is 0.764. The largest absolute Gasteiger partial charge is 0.347 e. The molecule has 1 aliphatic heterocycles. The molecule has 2 heterocycles. The van der Waals surface area contributed by atoms with Crippen LogP contribution in [0.15, 0.2) is 64.9 Å². The highest BCUT2D eigenvalue weighted by atomic mass is 32.2. The number of amides is 2. The molecule has 3 aromatic rings. The number of fused-ring (bicyclic) bond motifs is 1. The number of benzene rings is 2. The molecule has 2 N–H and O–H groups in total. The average molecular weight is 427 g/mol. The van der Waals surface area contributed by atoms with E-state index in [1.165, 1.54) is 29.2 Å². The lowest BCUT2D eigenvalue weighted by molar-refractivity contribution is 0.0931. The molecular weight excluding hydrogens is 407 g/mol. The topological polar surface area (TPSA) is 58.2 Å². The van der Waals surface area contributed by atoms with Crippen LogP contribution in [0.25, 0.3) is 0 Å². The number of hydrogen-bond acceptors (Lipinski definition) is 4. The molecule has 1 unspecified atom stereocenters. The van der Waals surface area contributed by atoms with Gasteiger partial charge in [0, 0.05) is 22.8 Å². The lowest BCUT2D eigenvalue weighted by atomic mass is 10.0. The summed E-state index contributed by atoms with van der Waals surface area (Å²) < 4.78 is 14.0. The van der Waals surface area contributed by atoms with E-state index in [1.807, 2.05) is 29.6 Å². The van der Waals surface area contributed by atoms with Crippen molar-refractivity contribution in [2.24, 2.45) is 0 Å². The lowest BCUT2D eigenvalue weighted by Crippen LogP contribution is -2.31. The Kier molecular flexibility index (Phi) is 5.97. The van der Waals surface area contributed by atoms with Gasteiger partial charge >= 0.3 is 0 Å². The van der Waals surface area contributed by atoms with Gasteiger partial charge in [0.2, 0.25) is 0 Å². The summed E-state index contributed by atoms with van der Waals surface area (Å²) in [4.78, 5) is 26.0. The average Bonchev–Trinajstić information content (AvgIpc) is 3.28. The molecule has 2 aromatic carbocycles. The second-order valence-electron chi connectivity index (χ2n) is 6.68. The quantitative estimate of drug-likeness (QED) is 0.617. The van der Waals surface area contributed by atoms with E-state index in [2.05, 4.69) is 10.6 Å². The van der Waals surface area contributed by atoms with Gasteiger partial charge in [-0.3, -0.25) is 9.59 Å². The van der Waals surface area contributed by atoms with Gasteiger partial charge in [-0.15, -0.1) is 23.1 Å².